The number of hydrogen-bond acceptors (Lipinski definition) is 1. The summed E-state index contributed by atoms with van der Waals surface area (Å²) in [5.74, 6) is 4.40. The largest absolute Gasteiger partial charge is 0.289 e. The van der Waals surface area contributed by atoms with E-state index in [4.69, 9.17) is 0 Å². The van der Waals surface area contributed by atoms with Crippen molar-refractivity contribution in [2.45, 2.75) is 0 Å². The van der Waals surface area contributed by atoms with E-state index >= 15 is 0 Å². The zero-order chi connectivity index (χ0) is 16.9. The number of halogens is 2. The number of carbonyl (C=O) groups is 1. The van der Waals surface area contributed by atoms with Gasteiger partial charge in [-0.1, -0.05) is 42.2 Å². The predicted octanol–water partition coefficient (Wildman–Crippen LogP) is 4.60. The van der Waals surface area contributed by atoms with E-state index in [0.717, 1.165) is 0 Å². The van der Waals surface area contributed by atoms with Gasteiger partial charge in [0.1, 0.15) is 11.6 Å². The first-order valence-electron chi connectivity index (χ1n) is 7.30. The Morgan fingerprint density at radius 1 is 0.750 bits per heavy atom. The molecular weight excluding hydrogens is 306 g/mol. The molecule has 0 bridgehead atoms. The summed E-state index contributed by atoms with van der Waals surface area (Å²) in [5.41, 5.74) is 1.59. The van der Waals surface area contributed by atoms with Gasteiger partial charge in [-0.05, 0) is 42.5 Å². The molecule has 0 fully saturated rings. The maximum Gasteiger partial charge on any atom is 0.193 e. The topological polar surface area (TPSA) is 17.1 Å². The second-order valence-electron chi connectivity index (χ2n) is 5.15. The fourth-order valence-electron chi connectivity index (χ4n) is 2.19. The van der Waals surface area contributed by atoms with Crippen LogP contribution in [0.2, 0.25) is 0 Å². The van der Waals surface area contributed by atoms with Crippen molar-refractivity contribution >= 4 is 5.78 Å². The minimum Gasteiger partial charge on any atom is -0.289 e. The molecule has 0 aromatic heterocycles. The normalized spacial score (nSPS) is 9.92. The summed E-state index contributed by atoms with van der Waals surface area (Å²) >= 11 is 0. The lowest BCUT2D eigenvalue weighted by atomic mass is 10.0. The number of rotatable bonds is 2. The van der Waals surface area contributed by atoms with Crippen LogP contribution in [0.3, 0.4) is 0 Å². The molecule has 1 nitrogen and oxygen atoms in total. The number of carbonyl (C=O) groups excluding carboxylic acids is 1. The molecule has 0 N–H and O–H groups in total. The summed E-state index contributed by atoms with van der Waals surface area (Å²) in [6.45, 7) is 0. The van der Waals surface area contributed by atoms with Gasteiger partial charge in [-0.15, -0.1) is 0 Å². The minimum atomic E-state index is -0.505. The first-order chi connectivity index (χ1) is 11.6. The highest BCUT2D eigenvalue weighted by Crippen LogP contribution is 2.14. The van der Waals surface area contributed by atoms with E-state index < -0.39 is 5.82 Å². The quantitative estimate of drug-likeness (QED) is 0.499. The van der Waals surface area contributed by atoms with Crippen molar-refractivity contribution in [2.24, 2.45) is 0 Å². The molecule has 116 valence electrons. The van der Waals surface area contributed by atoms with Gasteiger partial charge < -0.3 is 0 Å². The molecule has 0 atom stereocenters. The van der Waals surface area contributed by atoms with Gasteiger partial charge in [0, 0.05) is 16.7 Å². The van der Waals surface area contributed by atoms with Gasteiger partial charge in [0.15, 0.2) is 5.78 Å². The molecule has 0 amide bonds. The number of hydrogen-bond donors (Lipinski definition) is 0. The standard InChI is InChI=1S/C21H12F2O/c22-19-11-7-15(8-12-19)6-9-17-14-18(10-13-20(17)23)21(24)16-4-2-1-3-5-16/h1-5,7-8,10-14H. The van der Waals surface area contributed by atoms with Crippen molar-refractivity contribution in [1.29, 1.82) is 0 Å². The van der Waals surface area contributed by atoms with Crippen molar-refractivity contribution in [3.8, 4) is 11.8 Å². The van der Waals surface area contributed by atoms with Gasteiger partial charge in [0.05, 0.1) is 5.56 Å². The molecule has 3 heteroatoms. The molecule has 0 radical (unpaired) electrons. The summed E-state index contributed by atoms with van der Waals surface area (Å²) in [5, 5.41) is 0. The molecule has 0 saturated heterocycles. The summed E-state index contributed by atoms with van der Waals surface area (Å²) < 4.78 is 26.8. The molecular formula is C21H12F2O. The van der Waals surface area contributed by atoms with Crippen LogP contribution in [0.25, 0.3) is 0 Å². The SMILES string of the molecule is O=C(c1ccccc1)c1ccc(F)c(C#Cc2ccc(F)cc2)c1. The van der Waals surface area contributed by atoms with E-state index in [1.165, 1.54) is 42.5 Å². The molecule has 0 aliphatic carbocycles. The van der Waals surface area contributed by atoms with Crippen LogP contribution in [0.1, 0.15) is 27.0 Å². The van der Waals surface area contributed by atoms with E-state index in [9.17, 15) is 13.6 Å². The Hall–Kier alpha value is -3.25. The zero-order valence-corrected chi connectivity index (χ0v) is 12.6. The van der Waals surface area contributed by atoms with E-state index in [1.807, 2.05) is 6.07 Å². The summed E-state index contributed by atoms with van der Waals surface area (Å²) in [6, 6.07) is 18.5. The average Bonchev–Trinajstić information content (AvgIpc) is 2.62. The third-order valence-corrected chi connectivity index (χ3v) is 3.45. The van der Waals surface area contributed by atoms with Crippen molar-refractivity contribution in [3.63, 3.8) is 0 Å². The highest BCUT2D eigenvalue weighted by molar-refractivity contribution is 6.09. The Morgan fingerprint density at radius 3 is 2.17 bits per heavy atom. The second kappa shape index (κ2) is 6.89. The highest BCUT2D eigenvalue weighted by atomic mass is 19.1. The second-order valence-corrected chi connectivity index (χ2v) is 5.15. The van der Waals surface area contributed by atoms with Crippen LogP contribution in [0.5, 0.6) is 0 Å². The molecule has 0 aliphatic heterocycles. The van der Waals surface area contributed by atoms with Crippen LogP contribution in [-0.2, 0) is 0 Å². The monoisotopic (exact) mass is 318 g/mol. The van der Waals surface area contributed by atoms with Crippen LogP contribution in [0.15, 0.2) is 72.8 Å². The Kier molecular flexibility index (Phi) is 4.49. The smallest absolute Gasteiger partial charge is 0.193 e. The molecule has 3 aromatic rings. The highest BCUT2D eigenvalue weighted by Gasteiger charge is 2.10. The molecule has 3 rings (SSSR count). The van der Waals surface area contributed by atoms with Gasteiger partial charge in [-0.3, -0.25) is 4.79 Å². The van der Waals surface area contributed by atoms with E-state index in [0.29, 0.717) is 16.7 Å². The molecule has 24 heavy (non-hydrogen) atoms. The molecule has 3 aromatic carbocycles. The molecule has 0 unspecified atom stereocenters. The van der Waals surface area contributed by atoms with Crippen molar-refractivity contribution in [2.75, 3.05) is 0 Å². The van der Waals surface area contributed by atoms with Crippen molar-refractivity contribution in [1.82, 2.24) is 0 Å². The number of ketones is 1. The van der Waals surface area contributed by atoms with E-state index in [2.05, 4.69) is 11.8 Å². The molecule has 0 heterocycles. The molecule has 0 saturated carbocycles. The summed E-state index contributed by atoms with van der Waals surface area (Å²) in [6.07, 6.45) is 0. The van der Waals surface area contributed by atoms with Crippen LogP contribution >= 0.6 is 0 Å². The lowest BCUT2D eigenvalue weighted by Crippen LogP contribution is -2.02. The average molecular weight is 318 g/mol. The molecule has 0 aliphatic rings. The summed E-state index contributed by atoms with van der Waals surface area (Å²) in [4.78, 5) is 12.4. The zero-order valence-electron chi connectivity index (χ0n) is 12.6. The van der Waals surface area contributed by atoms with Crippen LogP contribution < -0.4 is 0 Å². The fraction of sp³-hybridized carbons (Fsp3) is 0. The third-order valence-electron chi connectivity index (χ3n) is 3.45. The third kappa shape index (κ3) is 3.56. The van der Waals surface area contributed by atoms with Crippen molar-refractivity contribution < 1.29 is 13.6 Å². The van der Waals surface area contributed by atoms with Crippen LogP contribution in [0, 0.1) is 23.5 Å². The lowest BCUT2D eigenvalue weighted by molar-refractivity contribution is 0.103. The van der Waals surface area contributed by atoms with Gasteiger partial charge in [0.25, 0.3) is 0 Å². The first-order valence-corrected chi connectivity index (χ1v) is 7.30. The Balaban J connectivity index is 1.93. The molecule has 0 spiro atoms. The van der Waals surface area contributed by atoms with E-state index in [1.54, 1.807) is 24.3 Å². The van der Waals surface area contributed by atoms with Crippen molar-refractivity contribution in [3.05, 3.63) is 107 Å². The predicted molar refractivity (Wildman–Crippen MR) is 88.7 cm³/mol. The first kappa shape index (κ1) is 15.6. The number of benzene rings is 3. The fourth-order valence-corrected chi connectivity index (χ4v) is 2.19. The van der Waals surface area contributed by atoms with Gasteiger partial charge in [-0.25, -0.2) is 8.78 Å². The maximum absolute atomic E-state index is 13.9. The van der Waals surface area contributed by atoms with Gasteiger partial charge in [0.2, 0.25) is 0 Å². The van der Waals surface area contributed by atoms with Gasteiger partial charge >= 0.3 is 0 Å². The summed E-state index contributed by atoms with van der Waals surface area (Å²) in [7, 11) is 0. The van der Waals surface area contributed by atoms with Crippen LogP contribution in [-0.4, -0.2) is 5.78 Å². The lowest BCUT2D eigenvalue weighted by Gasteiger charge is -2.02. The Labute approximate surface area is 138 Å². The van der Waals surface area contributed by atoms with Crippen LogP contribution in [0.4, 0.5) is 8.78 Å². The Morgan fingerprint density at radius 2 is 1.46 bits per heavy atom. The van der Waals surface area contributed by atoms with E-state index in [-0.39, 0.29) is 17.2 Å². The Bertz CT molecular complexity index is 933. The maximum atomic E-state index is 13.9. The minimum absolute atomic E-state index is 0.126. The van der Waals surface area contributed by atoms with Gasteiger partial charge in [-0.2, -0.15) is 0 Å².